The van der Waals surface area contributed by atoms with Gasteiger partial charge in [0, 0.05) is 32.9 Å². The molecule has 8 nitrogen and oxygen atoms in total. The molecule has 0 bridgehead atoms. The number of phenols is 1. The van der Waals surface area contributed by atoms with E-state index in [1.165, 1.54) is 6.07 Å². The summed E-state index contributed by atoms with van der Waals surface area (Å²) in [6.45, 7) is 4.15. The summed E-state index contributed by atoms with van der Waals surface area (Å²) in [6.07, 6.45) is 1.74. The lowest BCUT2D eigenvalue weighted by Gasteiger charge is -2.12. The number of aliphatic imine (C=N–C) groups is 1. The molecule has 0 saturated carbocycles. The van der Waals surface area contributed by atoms with Gasteiger partial charge in [0.05, 0.1) is 17.8 Å². The van der Waals surface area contributed by atoms with Crippen molar-refractivity contribution in [3.63, 3.8) is 0 Å². The van der Waals surface area contributed by atoms with Gasteiger partial charge >= 0.3 is 0 Å². The van der Waals surface area contributed by atoms with Crippen LogP contribution >= 0.6 is 24.0 Å². The summed E-state index contributed by atoms with van der Waals surface area (Å²) in [6, 6.07) is 8.37. The van der Waals surface area contributed by atoms with E-state index < -0.39 is 0 Å². The number of aryl methyl sites for hydroxylation is 1. The van der Waals surface area contributed by atoms with Crippen LogP contribution in [0.1, 0.15) is 23.0 Å². The van der Waals surface area contributed by atoms with Crippen molar-refractivity contribution in [3.05, 3.63) is 47.8 Å². The van der Waals surface area contributed by atoms with Gasteiger partial charge in [-0.3, -0.25) is 9.48 Å². The Hall–Kier alpha value is -2.30. The van der Waals surface area contributed by atoms with Gasteiger partial charge < -0.3 is 21.1 Å². The molecule has 0 spiro atoms. The first kappa shape index (κ1) is 21.7. The molecule has 0 fully saturated rings. The summed E-state index contributed by atoms with van der Waals surface area (Å²) in [5, 5.41) is 22.8. The molecule has 2 aromatic rings. The van der Waals surface area contributed by atoms with E-state index in [0.717, 1.165) is 12.2 Å². The third-order valence-electron chi connectivity index (χ3n) is 3.52. The van der Waals surface area contributed by atoms with E-state index in [4.69, 9.17) is 0 Å². The minimum atomic E-state index is -0.309. The van der Waals surface area contributed by atoms with Crippen LogP contribution in [0.2, 0.25) is 0 Å². The molecule has 0 aliphatic rings. The van der Waals surface area contributed by atoms with E-state index >= 15 is 0 Å². The number of guanidine groups is 1. The van der Waals surface area contributed by atoms with Crippen LogP contribution < -0.4 is 16.0 Å². The molecule has 1 aromatic heterocycles. The van der Waals surface area contributed by atoms with Crippen molar-refractivity contribution in [2.75, 3.05) is 19.6 Å². The number of aromatic nitrogens is 2. The topological polar surface area (TPSA) is 104 Å². The zero-order valence-electron chi connectivity index (χ0n) is 14.9. The summed E-state index contributed by atoms with van der Waals surface area (Å²) in [4.78, 5) is 16.5. The van der Waals surface area contributed by atoms with E-state index in [9.17, 15) is 9.90 Å². The van der Waals surface area contributed by atoms with Crippen LogP contribution in [0, 0.1) is 0 Å². The fraction of sp³-hybridized carbons (Fsp3) is 0.353. The highest BCUT2D eigenvalue weighted by atomic mass is 127. The molecule has 1 aromatic carbocycles. The molecule has 1 heterocycles. The quantitative estimate of drug-likeness (QED) is 0.210. The Balaban J connectivity index is 0.00000338. The summed E-state index contributed by atoms with van der Waals surface area (Å²) in [5.74, 6) is 0.330. The number of aromatic hydroxyl groups is 1. The van der Waals surface area contributed by atoms with Crippen molar-refractivity contribution in [2.45, 2.75) is 13.5 Å². The van der Waals surface area contributed by atoms with Gasteiger partial charge in [0.25, 0.3) is 5.91 Å². The number of nitrogens with zero attached hydrogens (tertiary/aromatic N) is 3. The Kier molecular flexibility index (Phi) is 9.48. The Morgan fingerprint density at radius 2 is 1.92 bits per heavy atom. The van der Waals surface area contributed by atoms with E-state index in [-0.39, 0.29) is 41.2 Å². The molecule has 4 N–H and O–H groups in total. The van der Waals surface area contributed by atoms with Crippen LogP contribution in [0.15, 0.2) is 41.5 Å². The maximum Gasteiger partial charge on any atom is 0.255 e. The Labute approximate surface area is 170 Å². The molecule has 9 heteroatoms. The summed E-state index contributed by atoms with van der Waals surface area (Å²) in [7, 11) is 1.87. The van der Waals surface area contributed by atoms with Gasteiger partial charge in [0.15, 0.2) is 5.96 Å². The van der Waals surface area contributed by atoms with Crippen LogP contribution in [-0.2, 0) is 13.6 Å². The average Bonchev–Trinajstić information content (AvgIpc) is 3.01. The highest BCUT2D eigenvalue weighted by Gasteiger charge is 2.09. The molecular weight excluding hydrogens is 447 g/mol. The van der Waals surface area contributed by atoms with Crippen LogP contribution in [0.25, 0.3) is 0 Å². The normalized spacial score (nSPS) is 10.8. The molecule has 1 amide bonds. The van der Waals surface area contributed by atoms with Gasteiger partial charge in [0.1, 0.15) is 5.75 Å². The van der Waals surface area contributed by atoms with Crippen molar-refractivity contribution >= 4 is 35.8 Å². The lowest BCUT2D eigenvalue weighted by Crippen LogP contribution is -2.41. The molecule has 0 aliphatic carbocycles. The molecule has 0 saturated heterocycles. The Morgan fingerprint density at radius 1 is 1.19 bits per heavy atom. The Morgan fingerprint density at radius 3 is 2.58 bits per heavy atom. The third-order valence-corrected chi connectivity index (χ3v) is 3.52. The lowest BCUT2D eigenvalue weighted by molar-refractivity contribution is 0.0951. The van der Waals surface area contributed by atoms with Crippen molar-refractivity contribution < 1.29 is 9.90 Å². The van der Waals surface area contributed by atoms with E-state index in [1.807, 2.05) is 20.0 Å². The second-order valence-corrected chi connectivity index (χ2v) is 5.34. The number of hydrogen-bond donors (Lipinski definition) is 4. The molecule has 0 atom stereocenters. The number of carbonyl (C=O) groups excluding carboxylic acids is 1. The predicted octanol–water partition coefficient (Wildman–Crippen LogP) is 1.23. The number of phenolic OH excluding ortho intramolecular Hbond substituents is 1. The molecule has 2 rings (SSSR count). The van der Waals surface area contributed by atoms with Crippen LogP contribution in [0.5, 0.6) is 5.75 Å². The third kappa shape index (κ3) is 6.54. The first-order valence-electron chi connectivity index (χ1n) is 8.17. The smallest absolute Gasteiger partial charge is 0.255 e. The zero-order chi connectivity index (χ0) is 18.1. The summed E-state index contributed by atoms with van der Waals surface area (Å²) < 4.78 is 1.78. The molecule has 0 radical (unpaired) electrons. The molecule has 142 valence electrons. The monoisotopic (exact) mass is 472 g/mol. The molecule has 0 aliphatic heterocycles. The second kappa shape index (κ2) is 11.3. The highest BCUT2D eigenvalue weighted by Crippen LogP contribution is 2.14. The van der Waals surface area contributed by atoms with Crippen LogP contribution in [0.3, 0.4) is 0 Å². The van der Waals surface area contributed by atoms with Gasteiger partial charge in [-0.1, -0.05) is 12.1 Å². The van der Waals surface area contributed by atoms with Crippen molar-refractivity contribution in [1.29, 1.82) is 0 Å². The number of benzene rings is 1. The van der Waals surface area contributed by atoms with Gasteiger partial charge in [-0.25, -0.2) is 4.99 Å². The number of hydrogen-bond acceptors (Lipinski definition) is 4. The van der Waals surface area contributed by atoms with Crippen molar-refractivity contribution in [1.82, 2.24) is 25.7 Å². The number of carbonyl (C=O) groups is 1. The SMILES string of the molecule is CCNC(=NCc1ccnn1C)NCCNC(=O)c1ccccc1O.I. The summed E-state index contributed by atoms with van der Waals surface area (Å²) >= 11 is 0. The Bertz CT molecular complexity index is 732. The fourth-order valence-corrected chi connectivity index (χ4v) is 2.18. The number of rotatable bonds is 7. The number of para-hydroxylation sites is 1. The maximum atomic E-state index is 12.0. The van der Waals surface area contributed by atoms with Crippen molar-refractivity contribution in [2.24, 2.45) is 12.0 Å². The van der Waals surface area contributed by atoms with E-state index in [0.29, 0.717) is 25.6 Å². The van der Waals surface area contributed by atoms with Gasteiger partial charge in [-0.2, -0.15) is 5.10 Å². The van der Waals surface area contributed by atoms with E-state index in [2.05, 4.69) is 26.0 Å². The number of amides is 1. The second-order valence-electron chi connectivity index (χ2n) is 5.34. The fourth-order valence-electron chi connectivity index (χ4n) is 2.18. The first-order chi connectivity index (χ1) is 12.1. The minimum Gasteiger partial charge on any atom is -0.507 e. The van der Waals surface area contributed by atoms with Crippen LogP contribution in [-0.4, -0.2) is 46.4 Å². The summed E-state index contributed by atoms with van der Waals surface area (Å²) in [5.41, 5.74) is 1.27. The highest BCUT2D eigenvalue weighted by molar-refractivity contribution is 14.0. The van der Waals surface area contributed by atoms with Gasteiger partial charge in [0.2, 0.25) is 0 Å². The molecular formula is C17H25IN6O2. The van der Waals surface area contributed by atoms with E-state index in [1.54, 1.807) is 29.1 Å². The maximum absolute atomic E-state index is 12.0. The predicted molar refractivity (Wildman–Crippen MR) is 112 cm³/mol. The average molecular weight is 472 g/mol. The largest absolute Gasteiger partial charge is 0.507 e. The molecule has 0 unspecified atom stereocenters. The van der Waals surface area contributed by atoms with Gasteiger partial charge in [-0.15, -0.1) is 24.0 Å². The first-order valence-corrected chi connectivity index (χ1v) is 8.17. The lowest BCUT2D eigenvalue weighted by atomic mass is 10.2. The zero-order valence-corrected chi connectivity index (χ0v) is 17.2. The van der Waals surface area contributed by atoms with Gasteiger partial charge in [-0.05, 0) is 25.1 Å². The van der Waals surface area contributed by atoms with Crippen LogP contribution in [0.4, 0.5) is 0 Å². The number of nitrogens with one attached hydrogen (secondary N) is 3. The molecule has 26 heavy (non-hydrogen) atoms. The standard InChI is InChI=1S/C17H24N6O2.HI/c1-3-18-17(21-12-13-8-9-22-23(13)2)20-11-10-19-16(25)14-6-4-5-7-15(14)24;/h4-9,24H,3,10-12H2,1-2H3,(H,19,25)(H2,18,20,21);1H. The number of halogens is 1. The minimum absolute atomic E-state index is 0. The van der Waals surface area contributed by atoms with Crippen molar-refractivity contribution in [3.8, 4) is 5.75 Å².